The van der Waals surface area contributed by atoms with Crippen LogP contribution in [0.2, 0.25) is 0 Å². The number of alkyl halides is 3. The molecule has 0 saturated carbocycles. The number of carbonyl (C=O) groups is 2. The van der Waals surface area contributed by atoms with Gasteiger partial charge in [-0.25, -0.2) is 4.39 Å². The van der Waals surface area contributed by atoms with Crippen LogP contribution in [-0.4, -0.2) is 54.2 Å². The van der Waals surface area contributed by atoms with E-state index in [1.807, 2.05) is 0 Å². The van der Waals surface area contributed by atoms with Gasteiger partial charge in [-0.15, -0.1) is 13.2 Å². The normalized spacial score (nSPS) is 17.2. The predicted octanol–water partition coefficient (Wildman–Crippen LogP) is 3.12. The zero-order valence-electron chi connectivity index (χ0n) is 21.4. The first-order valence-electron chi connectivity index (χ1n) is 12.1. The lowest BCUT2D eigenvalue weighted by atomic mass is 9.93. The lowest BCUT2D eigenvalue weighted by Gasteiger charge is -2.20. The maximum atomic E-state index is 15.2. The first-order valence-corrected chi connectivity index (χ1v) is 12.1. The minimum atomic E-state index is -4.91. The number of rotatable bonds is 8. The van der Waals surface area contributed by atoms with E-state index in [0.717, 1.165) is 30.3 Å². The van der Waals surface area contributed by atoms with Crippen molar-refractivity contribution in [2.75, 3.05) is 25.2 Å². The van der Waals surface area contributed by atoms with Crippen molar-refractivity contribution in [1.29, 1.82) is 0 Å². The van der Waals surface area contributed by atoms with E-state index in [-0.39, 0.29) is 42.3 Å². The Morgan fingerprint density at radius 1 is 1.10 bits per heavy atom. The van der Waals surface area contributed by atoms with Crippen molar-refractivity contribution in [2.45, 2.75) is 31.8 Å². The second kappa shape index (κ2) is 11.4. The van der Waals surface area contributed by atoms with Gasteiger partial charge in [-0.1, -0.05) is 6.07 Å². The lowest BCUT2D eigenvalue weighted by Crippen LogP contribution is -2.44. The highest BCUT2D eigenvalue weighted by Crippen LogP contribution is 2.35. The number of nitrogens with one attached hydrogen (secondary N) is 1. The van der Waals surface area contributed by atoms with Gasteiger partial charge in [0.1, 0.15) is 29.0 Å². The molecule has 13 heteroatoms. The van der Waals surface area contributed by atoms with Crippen LogP contribution in [0.4, 0.5) is 23.2 Å². The fourth-order valence-corrected chi connectivity index (χ4v) is 4.61. The molecule has 40 heavy (non-hydrogen) atoms. The van der Waals surface area contributed by atoms with E-state index >= 15 is 4.39 Å². The largest absolute Gasteiger partial charge is 0.573 e. The molecule has 1 saturated heterocycles. The van der Waals surface area contributed by atoms with Gasteiger partial charge in [0.2, 0.25) is 5.91 Å². The minimum absolute atomic E-state index is 0.0150. The first-order chi connectivity index (χ1) is 18.9. The molecule has 1 fully saturated rings. The van der Waals surface area contributed by atoms with Crippen LogP contribution in [0.5, 0.6) is 11.5 Å². The molecule has 1 aliphatic rings. The van der Waals surface area contributed by atoms with Crippen molar-refractivity contribution >= 4 is 17.5 Å². The zero-order valence-corrected chi connectivity index (χ0v) is 21.4. The molecule has 0 bridgehead atoms. The second-order valence-corrected chi connectivity index (χ2v) is 9.04. The van der Waals surface area contributed by atoms with Gasteiger partial charge in [0.05, 0.1) is 13.7 Å². The van der Waals surface area contributed by atoms with E-state index in [0.29, 0.717) is 5.56 Å². The summed E-state index contributed by atoms with van der Waals surface area (Å²) in [5, 5.41) is 11.9. The van der Waals surface area contributed by atoms with Gasteiger partial charge in [0, 0.05) is 36.8 Å². The molecule has 1 aromatic heterocycles. The van der Waals surface area contributed by atoms with Crippen molar-refractivity contribution in [3.8, 4) is 11.5 Å². The number of methoxy groups -OCH3 is 1. The molecule has 212 valence electrons. The molecule has 2 atom stereocenters. The number of carbonyl (C=O) groups excluding carboxylic acids is 2. The molecule has 2 heterocycles. The Labute approximate surface area is 225 Å². The first kappa shape index (κ1) is 28.6. The van der Waals surface area contributed by atoms with Gasteiger partial charge >= 0.3 is 6.36 Å². The summed E-state index contributed by atoms with van der Waals surface area (Å²) in [6.07, 6.45) is -3.44. The van der Waals surface area contributed by atoms with Crippen LogP contribution in [0.1, 0.15) is 27.4 Å². The van der Waals surface area contributed by atoms with Crippen molar-refractivity contribution in [2.24, 2.45) is 0 Å². The number of aryl methyl sites for hydroxylation is 1. The number of aliphatic hydroxyl groups excluding tert-OH is 1. The Hall–Kier alpha value is -4.39. The van der Waals surface area contributed by atoms with Crippen molar-refractivity contribution in [1.82, 2.24) is 9.88 Å². The Morgan fingerprint density at radius 3 is 2.38 bits per heavy atom. The summed E-state index contributed by atoms with van der Waals surface area (Å²) in [6, 6.07) is 8.38. The summed E-state index contributed by atoms with van der Waals surface area (Å²) >= 11 is 0. The number of amides is 2. The maximum absolute atomic E-state index is 15.2. The monoisotopic (exact) mass is 563 g/mol. The Balaban J connectivity index is 1.70. The van der Waals surface area contributed by atoms with Gasteiger partial charge in [0.25, 0.3) is 11.5 Å². The summed E-state index contributed by atoms with van der Waals surface area (Å²) < 4.78 is 62.7. The highest BCUT2D eigenvalue weighted by atomic mass is 19.4. The number of nitrogens with zero attached hydrogens (tertiary/aromatic N) is 2. The van der Waals surface area contributed by atoms with Gasteiger partial charge in [-0.3, -0.25) is 14.4 Å². The molecule has 3 aromatic rings. The number of benzene rings is 2. The third-order valence-corrected chi connectivity index (χ3v) is 6.51. The molecule has 2 N–H and O–H groups in total. The standard InChI is InChI=1S/C27H25F4N3O6/c1-15-9-10-33(11-12-35)26(38)23(15)34-14-20(19-8-7-18(39-2)13-21(19)28)22(25(34)37)32-24(36)16-3-5-17(6-4-16)40-27(29,30)31/h3-10,13,20,22,35H,11-12,14H2,1-2H3,(H,32,36)/t20-,22?/m0/s1. The quantitative estimate of drug-likeness (QED) is 0.408. The second-order valence-electron chi connectivity index (χ2n) is 9.04. The summed E-state index contributed by atoms with van der Waals surface area (Å²) in [5.41, 5.74) is -0.0707. The number of halogens is 4. The van der Waals surface area contributed by atoms with E-state index in [2.05, 4.69) is 10.1 Å². The Bertz CT molecular complexity index is 1470. The molecule has 1 aliphatic heterocycles. The number of hydrogen-bond acceptors (Lipinski definition) is 6. The Kier molecular flexibility index (Phi) is 8.14. The average molecular weight is 564 g/mol. The van der Waals surface area contributed by atoms with Gasteiger partial charge < -0.3 is 29.4 Å². The average Bonchev–Trinajstić information content (AvgIpc) is 3.20. The number of aromatic nitrogens is 1. The molecule has 0 radical (unpaired) electrons. The van der Waals surface area contributed by atoms with Crippen LogP contribution >= 0.6 is 0 Å². The predicted molar refractivity (Wildman–Crippen MR) is 135 cm³/mol. The molecule has 4 rings (SSSR count). The highest BCUT2D eigenvalue weighted by molar-refractivity contribution is 6.05. The summed E-state index contributed by atoms with van der Waals surface area (Å²) in [7, 11) is 1.36. The fraction of sp³-hybridized carbons (Fsp3) is 0.296. The number of pyridine rings is 1. The lowest BCUT2D eigenvalue weighted by molar-refractivity contribution is -0.274. The molecule has 0 spiro atoms. The van der Waals surface area contributed by atoms with Crippen LogP contribution in [0.15, 0.2) is 59.5 Å². The highest BCUT2D eigenvalue weighted by Gasteiger charge is 2.45. The minimum Gasteiger partial charge on any atom is -0.497 e. The number of hydrogen-bond donors (Lipinski definition) is 2. The fourth-order valence-electron chi connectivity index (χ4n) is 4.61. The number of aliphatic hydroxyl groups is 1. The summed E-state index contributed by atoms with van der Waals surface area (Å²) in [5.74, 6) is -3.44. The number of anilines is 1. The molecule has 2 amide bonds. The maximum Gasteiger partial charge on any atom is 0.573 e. The van der Waals surface area contributed by atoms with E-state index in [1.54, 1.807) is 13.0 Å². The summed E-state index contributed by atoms with van der Waals surface area (Å²) in [6.45, 7) is 1.12. The van der Waals surface area contributed by atoms with Gasteiger partial charge in [-0.05, 0) is 54.4 Å². The third-order valence-electron chi connectivity index (χ3n) is 6.51. The molecular formula is C27H25F4N3O6. The molecular weight excluding hydrogens is 538 g/mol. The third kappa shape index (κ3) is 5.93. The SMILES string of the molecule is COc1ccc([C@@H]2CN(c3c(C)ccn(CCO)c3=O)C(=O)C2NC(=O)c2ccc(OC(F)(F)F)cc2)c(F)c1. The van der Waals surface area contributed by atoms with E-state index in [9.17, 15) is 32.7 Å². The molecule has 0 aliphatic carbocycles. The van der Waals surface area contributed by atoms with Crippen molar-refractivity contribution < 1.29 is 41.7 Å². The molecule has 9 nitrogen and oxygen atoms in total. The van der Waals surface area contributed by atoms with E-state index in [4.69, 9.17) is 4.74 Å². The topological polar surface area (TPSA) is 110 Å². The molecule has 2 aromatic carbocycles. The molecule has 1 unspecified atom stereocenters. The van der Waals surface area contributed by atoms with Crippen LogP contribution in [0, 0.1) is 12.7 Å². The van der Waals surface area contributed by atoms with E-state index in [1.165, 1.54) is 34.9 Å². The van der Waals surface area contributed by atoms with Crippen molar-refractivity contribution in [3.05, 3.63) is 87.6 Å². The van der Waals surface area contributed by atoms with Crippen LogP contribution < -0.4 is 25.2 Å². The summed E-state index contributed by atoms with van der Waals surface area (Å²) in [4.78, 5) is 41.1. The smallest absolute Gasteiger partial charge is 0.497 e. The zero-order chi connectivity index (χ0) is 29.2. The Morgan fingerprint density at radius 2 is 1.77 bits per heavy atom. The van der Waals surface area contributed by atoms with Crippen LogP contribution in [-0.2, 0) is 11.3 Å². The van der Waals surface area contributed by atoms with Crippen LogP contribution in [0.25, 0.3) is 0 Å². The van der Waals surface area contributed by atoms with E-state index < -0.39 is 47.3 Å². The van der Waals surface area contributed by atoms with Gasteiger partial charge in [-0.2, -0.15) is 0 Å². The number of ether oxygens (including phenoxy) is 2. The van der Waals surface area contributed by atoms with Crippen LogP contribution in [0.3, 0.4) is 0 Å². The van der Waals surface area contributed by atoms with Crippen molar-refractivity contribution in [3.63, 3.8) is 0 Å². The van der Waals surface area contributed by atoms with Gasteiger partial charge in [0.15, 0.2) is 0 Å².